The van der Waals surface area contributed by atoms with Crippen molar-refractivity contribution >= 4 is 5.91 Å². The molecule has 1 rings (SSSR count). The van der Waals surface area contributed by atoms with Crippen LogP contribution in [0, 0.1) is 6.92 Å². The molecule has 0 saturated carbocycles. The summed E-state index contributed by atoms with van der Waals surface area (Å²) < 4.78 is 0.338. The first-order valence-electron chi connectivity index (χ1n) is 4.35. The van der Waals surface area contributed by atoms with Gasteiger partial charge in [0.15, 0.2) is 0 Å². The number of carbonyl (C=O) groups excluding carboxylic acids is 1. The molecule has 1 aromatic rings. The van der Waals surface area contributed by atoms with E-state index in [0.29, 0.717) is 4.48 Å². The lowest BCUT2D eigenvalue weighted by Gasteiger charge is -2.21. The Labute approximate surface area is 91.5 Å². The Morgan fingerprint density at radius 1 is 1.14 bits per heavy atom. The van der Waals surface area contributed by atoms with E-state index in [1.807, 2.05) is 52.3 Å². The van der Waals surface area contributed by atoms with Gasteiger partial charge < -0.3 is 12.4 Å². The largest absolute Gasteiger partial charge is 1.00 e. The third kappa shape index (κ3) is 2.82. The number of hydrogen-bond acceptors (Lipinski definition) is 1. The Hall–Kier alpha value is -0.860. The van der Waals surface area contributed by atoms with Crippen LogP contribution in [0.5, 0.6) is 0 Å². The molecule has 0 aliphatic carbocycles. The number of benzene rings is 1. The van der Waals surface area contributed by atoms with Gasteiger partial charge in [0.05, 0.1) is 26.7 Å². The van der Waals surface area contributed by atoms with Crippen LogP contribution in [0.4, 0.5) is 0 Å². The van der Waals surface area contributed by atoms with E-state index >= 15 is 0 Å². The maximum absolute atomic E-state index is 11.9. The molecule has 78 valence electrons. The first-order valence-corrected chi connectivity index (χ1v) is 4.35. The molecule has 0 bridgehead atoms. The molecule has 0 N–H and O–H groups in total. The minimum absolute atomic E-state index is 0. The molecule has 0 aromatic heterocycles. The van der Waals surface area contributed by atoms with Gasteiger partial charge in [0.2, 0.25) is 0 Å². The molecule has 0 fully saturated rings. The fourth-order valence-corrected chi connectivity index (χ4v) is 1.17. The summed E-state index contributed by atoms with van der Waals surface area (Å²) >= 11 is 0. The first-order chi connectivity index (χ1) is 5.93. The van der Waals surface area contributed by atoms with E-state index in [2.05, 4.69) is 0 Å². The number of halogens is 1. The third-order valence-corrected chi connectivity index (χ3v) is 1.98. The fourth-order valence-electron chi connectivity index (χ4n) is 1.17. The SMILES string of the molecule is Cc1ccccc1C(=O)[N+](C)(C)C.[Cl-]. The Bertz CT molecular complexity index is 328. The number of hydrogen-bond donors (Lipinski definition) is 0. The van der Waals surface area contributed by atoms with E-state index in [9.17, 15) is 4.79 Å². The second-order valence-electron chi connectivity index (χ2n) is 4.13. The highest BCUT2D eigenvalue weighted by Crippen LogP contribution is 2.11. The zero-order valence-corrected chi connectivity index (χ0v) is 9.80. The van der Waals surface area contributed by atoms with Crippen molar-refractivity contribution in [2.75, 3.05) is 21.1 Å². The predicted molar refractivity (Wildman–Crippen MR) is 53.5 cm³/mol. The van der Waals surface area contributed by atoms with Crippen molar-refractivity contribution in [2.24, 2.45) is 0 Å². The van der Waals surface area contributed by atoms with Gasteiger partial charge >= 0.3 is 5.91 Å². The number of aryl methyl sites for hydroxylation is 1. The molecule has 1 amide bonds. The van der Waals surface area contributed by atoms with E-state index in [-0.39, 0.29) is 18.3 Å². The molecule has 0 radical (unpaired) electrons. The highest BCUT2D eigenvalue weighted by Gasteiger charge is 2.23. The molecule has 0 saturated heterocycles. The monoisotopic (exact) mass is 213 g/mol. The van der Waals surface area contributed by atoms with Gasteiger partial charge in [0, 0.05) is 0 Å². The van der Waals surface area contributed by atoms with Crippen LogP contribution >= 0.6 is 0 Å². The maximum atomic E-state index is 11.9. The molecule has 0 heterocycles. The molecule has 0 aliphatic heterocycles. The Kier molecular flexibility index (Phi) is 4.30. The number of carbonyl (C=O) groups is 1. The maximum Gasteiger partial charge on any atom is 0.345 e. The molecular weight excluding hydrogens is 198 g/mol. The Balaban J connectivity index is 0.00000169. The summed E-state index contributed by atoms with van der Waals surface area (Å²) in [5, 5.41) is 0. The number of nitrogens with zero attached hydrogens (tertiary/aromatic N) is 1. The van der Waals surface area contributed by atoms with Gasteiger partial charge in [0.25, 0.3) is 0 Å². The van der Waals surface area contributed by atoms with Crippen LogP contribution in [0.15, 0.2) is 24.3 Å². The van der Waals surface area contributed by atoms with E-state index in [0.717, 1.165) is 11.1 Å². The van der Waals surface area contributed by atoms with Crippen LogP contribution in [0.3, 0.4) is 0 Å². The molecule has 1 aromatic carbocycles. The second-order valence-corrected chi connectivity index (χ2v) is 4.13. The zero-order valence-electron chi connectivity index (χ0n) is 9.04. The third-order valence-electron chi connectivity index (χ3n) is 1.98. The van der Waals surface area contributed by atoms with Crippen molar-refractivity contribution in [1.82, 2.24) is 0 Å². The summed E-state index contributed by atoms with van der Waals surface area (Å²) in [5.41, 5.74) is 1.86. The van der Waals surface area contributed by atoms with Gasteiger partial charge in [-0.2, -0.15) is 0 Å². The summed E-state index contributed by atoms with van der Waals surface area (Å²) in [5.74, 6) is 0.151. The normalized spacial score (nSPS) is 10.6. The quantitative estimate of drug-likeness (QED) is 0.539. The minimum Gasteiger partial charge on any atom is -1.00 e. The number of amides is 1. The van der Waals surface area contributed by atoms with E-state index in [4.69, 9.17) is 0 Å². The van der Waals surface area contributed by atoms with Crippen molar-refractivity contribution in [3.63, 3.8) is 0 Å². The Morgan fingerprint density at radius 3 is 2.07 bits per heavy atom. The highest BCUT2D eigenvalue weighted by molar-refractivity contribution is 5.90. The molecule has 0 unspecified atom stereocenters. The lowest BCUT2D eigenvalue weighted by Crippen LogP contribution is -3.00. The zero-order chi connectivity index (χ0) is 10.1. The summed E-state index contributed by atoms with van der Waals surface area (Å²) in [6.07, 6.45) is 0. The van der Waals surface area contributed by atoms with Gasteiger partial charge in [0.1, 0.15) is 0 Å². The highest BCUT2D eigenvalue weighted by atomic mass is 35.5. The van der Waals surface area contributed by atoms with Crippen molar-refractivity contribution in [1.29, 1.82) is 0 Å². The van der Waals surface area contributed by atoms with Gasteiger partial charge in [-0.25, -0.2) is 4.79 Å². The van der Waals surface area contributed by atoms with Crippen molar-refractivity contribution < 1.29 is 21.7 Å². The van der Waals surface area contributed by atoms with Crippen LogP contribution in [-0.4, -0.2) is 31.5 Å². The second kappa shape index (κ2) is 4.58. The standard InChI is InChI=1S/C11H16NO.ClH/c1-9-7-5-6-8-10(9)11(13)12(2,3)4;/h5-8H,1-4H3;1H/q+1;/p-1. The lowest BCUT2D eigenvalue weighted by molar-refractivity contribution is -0.785. The molecule has 0 aliphatic rings. The summed E-state index contributed by atoms with van der Waals surface area (Å²) in [6.45, 7) is 1.96. The molecule has 14 heavy (non-hydrogen) atoms. The van der Waals surface area contributed by atoms with Crippen molar-refractivity contribution in [3.8, 4) is 0 Å². The summed E-state index contributed by atoms with van der Waals surface area (Å²) in [4.78, 5) is 11.9. The van der Waals surface area contributed by atoms with Crippen LogP contribution in [0.2, 0.25) is 0 Å². The minimum atomic E-state index is 0. The average Bonchev–Trinajstić information content (AvgIpc) is 2.02. The molecule has 0 spiro atoms. The van der Waals surface area contributed by atoms with Crippen molar-refractivity contribution in [3.05, 3.63) is 35.4 Å². The van der Waals surface area contributed by atoms with Gasteiger partial charge in [-0.3, -0.25) is 4.48 Å². The molecule has 2 nitrogen and oxygen atoms in total. The smallest absolute Gasteiger partial charge is 0.345 e. The fraction of sp³-hybridized carbons (Fsp3) is 0.364. The van der Waals surface area contributed by atoms with E-state index in [1.54, 1.807) is 0 Å². The van der Waals surface area contributed by atoms with Crippen LogP contribution in [0.1, 0.15) is 15.9 Å². The average molecular weight is 214 g/mol. The molecular formula is C11H16ClNO. The predicted octanol–water partition coefficient (Wildman–Crippen LogP) is -1.15. The summed E-state index contributed by atoms with van der Waals surface area (Å²) in [6, 6.07) is 7.68. The van der Waals surface area contributed by atoms with E-state index in [1.165, 1.54) is 0 Å². The Morgan fingerprint density at radius 2 is 1.64 bits per heavy atom. The van der Waals surface area contributed by atoms with Crippen LogP contribution in [0.25, 0.3) is 0 Å². The summed E-state index contributed by atoms with van der Waals surface area (Å²) in [7, 11) is 5.65. The van der Waals surface area contributed by atoms with E-state index < -0.39 is 0 Å². The number of quaternary nitrogens is 1. The van der Waals surface area contributed by atoms with Crippen LogP contribution in [-0.2, 0) is 0 Å². The van der Waals surface area contributed by atoms with Crippen LogP contribution < -0.4 is 12.4 Å². The van der Waals surface area contributed by atoms with Gasteiger partial charge in [-0.05, 0) is 18.6 Å². The van der Waals surface area contributed by atoms with Gasteiger partial charge in [-0.15, -0.1) is 0 Å². The van der Waals surface area contributed by atoms with Gasteiger partial charge in [-0.1, -0.05) is 18.2 Å². The topological polar surface area (TPSA) is 17.1 Å². The molecule has 0 atom stereocenters. The number of rotatable bonds is 1. The first kappa shape index (κ1) is 13.1. The van der Waals surface area contributed by atoms with Crippen molar-refractivity contribution in [2.45, 2.75) is 6.92 Å². The molecule has 3 heteroatoms. The lowest BCUT2D eigenvalue weighted by atomic mass is 10.1.